The maximum Gasteiger partial charge on any atom is 0.219 e. The standard InChI is InChI=1S/C19H20FN3O/c1-2-19(24)21-12-11-18-22-16-5-3-4-6-17(16)23(18)13-14-7-9-15(20)10-8-14/h3-10H,2,11-13H2,1H3,(H,21,24). The minimum Gasteiger partial charge on any atom is -0.356 e. The van der Waals surface area contributed by atoms with Crippen molar-refractivity contribution < 1.29 is 9.18 Å². The summed E-state index contributed by atoms with van der Waals surface area (Å²) in [5.41, 5.74) is 2.98. The van der Waals surface area contributed by atoms with Gasteiger partial charge in [0.2, 0.25) is 5.91 Å². The third-order valence-corrected chi connectivity index (χ3v) is 3.98. The van der Waals surface area contributed by atoms with Crippen LogP contribution in [0.4, 0.5) is 4.39 Å². The molecular formula is C19H20FN3O. The average molecular weight is 325 g/mol. The number of hydrogen-bond donors (Lipinski definition) is 1. The molecule has 1 aromatic heterocycles. The van der Waals surface area contributed by atoms with Gasteiger partial charge in [0.25, 0.3) is 0 Å². The molecule has 0 spiro atoms. The molecule has 1 amide bonds. The van der Waals surface area contributed by atoms with Crippen LogP contribution < -0.4 is 5.32 Å². The lowest BCUT2D eigenvalue weighted by Crippen LogP contribution is -2.25. The zero-order chi connectivity index (χ0) is 16.9. The van der Waals surface area contributed by atoms with Gasteiger partial charge in [0, 0.05) is 25.9 Å². The molecule has 0 aliphatic carbocycles. The number of amides is 1. The number of carbonyl (C=O) groups excluding carboxylic acids is 1. The fourth-order valence-corrected chi connectivity index (χ4v) is 2.70. The van der Waals surface area contributed by atoms with Gasteiger partial charge in [-0.05, 0) is 29.8 Å². The van der Waals surface area contributed by atoms with Crippen molar-refractivity contribution >= 4 is 16.9 Å². The number of benzene rings is 2. The molecule has 1 heterocycles. The number of aromatic nitrogens is 2. The number of imidazole rings is 1. The van der Waals surface area contributed by atoms with Crippen molar-refractivity contribution in [3.8, 4) is 0 Å². The molecule has 3 rings (SSSR count). The molecule has 0 saturated carbocycles. The largest absolute Gasteiger partial charge is 0.356 e. The van der Waals surface area contributed by atoms with E-state index in [-0.39, 0.29) is 11.7 Å². The second-order valence-corrected chi connectivity index (χ2v) is 5.68. The molecule has 0 atom stereocenters. The van der Waals surface area contributed by atoms with E-state index in [1.165, 1.54) is 12.1 Å². The Hall–Kier alpha value is -2.69. The predicted octanol–water partition coefficient (Wildman–Crippen LogP) is 3.29. The maximum absolute atomic E-state index is 13.1. The molecule has 0 aliphatic heterocycles. The smallest absolute Gasteiger partial charge is 0.219 e. The van der Waals surface area contributed by atoms with Crippen LogP contribution in [-0.2, 0) is 17.8 Å². The number of fused-ring (bicyclic) bond motifs is 1. The van der Waals surface area contributed by atoms with Gasteiger partial charge in [-0.1, -0.05) is 31.2 Å². The number of nitrogens with zero attached hydrogens (tertiary/aromatic N) is 2. The lowest BCUT2D eigenvalue weighted by Gasteiger charge is -2.10. The Morgan fingerprint density at radius 1 is 1.17 bits per heavy atom. The molecule has 4 nitrogen and oxygen atoms in total. The van der Waals surface area contributed by atoms with Gasteiger partial charge in [0.05, 0.1) is 11.0 Å². The first kappa shape index (κ1) is 16.2. The highest BCUT2D eigenvalue weighted by atomic mass is 19.1. The van der Waals surface area contributed by atoms with E-state index in [9.17, 15) is 9.18 Å². The molecule has 0 unspecified atom stereocenters. The first-order valence-electron chi connectivity index (χ1n) is 8.12. The van der Waals surface area contributed by atoms with Crippen LogP contribution in [0.1, 0.15) is 24.7 Å². The SMILES string of the molecule is CCC(=O)NCCc1nc2ccccc2n1Cc1ccc(F)cc1. The highest BCUT2D eigenvalue weighted by Gasteiger charge is 2.11. The fraction of sp³-hybridized carbons (Fsp3) is 0.263. The lowest BCUT2D eigenvalue weighted by atomic mass is 10.2. The molecule has 24 heavy (non-hydrogen) atoms. The summed E-state index contributed by atoms with van der Waals surface area (Å²) in [6.45, 7) is 3.01. The van der Waals surface area contributed by atoms with Crippen molar-refractivity contribution in [2.75, 3.05) is 6.54 Å². The molecule has 0 fully saturated rings. The molecule has 0 radical (unpaired) electrons. The van der Waals surface area contributed by atoms with E-state index in [1.807, 2.05) is 31.2 Å². The second kappa shape index (κ2) is 7.25. The van der Waals surface area contributed by atoms with E-state index in [2.05, 4.69) is 14.9 Å². The molecular weight excluding hydrogens is 305 g/mol. The number of nitrogens with one attached hydrogen (secondary N) is 1. The highest BCUT2D eigenvalue weighted by molar-refractivity contribution is 5.76. The first-order chi connectivity index (χ1) is 11.7. The van der Waals surface area contributed by atoms with Crippen molar-refractivity contribution in [3.63, 3.8) is 0 Å². The zero-order valence-corrected chi connectivity index (χ0v) is 13.6. The number of hydrogen-bond acceptors (Lipinski definition) is 2. The number of carbonyl (C=O) groups is 1. The third kappa shape index (κ3) is 3.62. The van der Waals surface area contributed by atoms with E-state index < -0.39 is 0 Å². The molecule has 1 N–H and O–H groups in total. The summed E-state index contributed by atoms with van der Waals surface area (Å²) in [5.74, 6) is 0.713. The molecule has 0 aliphatic rings. The normalized spacial score (nSPS) is 10.9. The van der Waals surface area contributed by atoms with Gasteiger partial charge in [-0.2, -0.15) is 0 Å². The van der Waals surface area contributed by atoms with Crippen LogP contribution in [0.25, 0.3) is 11.0 Å². The first-order valence-corrected chi connectivity index (χ1v) is 8.12. The van der Waals surface area contributed by atoms with E-state index in [0.717, 1.165) is 22.4 Å². The Morgan fingerprint density at radius 2 is 1.92 bits per heavy atom. The Kier molecular flexibility index (Phi) is 4.89. The summed E-state index contributed by atoms with van der Waals surface area (Å²) in [6.07, 6.45) is 1.13. The average Bonchev–Trinajstić information content (AvgIpc) is 2.94. The van der Waals surface area contributed by atoms with Gasteiger partial charge >= 0.3 is 0 Å². The van der Waals surface area contributed by atoms with E-state index in [4.69, 9.17) is 0 Å². The van der Waals surface area contributed by atoms with Crippen LogP contribution in [0.5, 0.6) is 0 Å². The molecule has 3 aromatic rings. The van der Waals surface area contributed by atoms with E-state index in [0.29, 0.717) is 25.9 Å². The lowest BCUT2D eigenvalue weighted by molar-refractivity contribution is -0.120. The van der Waals surface area contributed by atoms with E-state index in [1.54, 1.807) is 12.1 Å². The minimum atomic E-state index is -0.239. The van der Waals surface area contributed by atoms with Gasteiger partial charge in [0.1, 0.15) is 11.6 Å². The fourth-order valence-electron chi connectivity index (χ4n) is 2.70. The minimum absolute atomic E-state index is 0.0381. The number of halogens is 1. The number of para-hydroxylation sites is 2. The second-order valence-electron chi connectivity index (χ2n) is 5.68. The Labute approximate surface area is 140 Å². The Morgan fingerprint density at radius 3 is 2.67 bits per heavy atom. The van der Waals surface area contributed by atoms with Gasteiger partial charge in [-0.3, -0.25) is 4.79 Å². The summed E-state index contributed by atoms with van der Waals surface area (Å²) < 4.78 is 15.2. The van der Waals surface area contributed by atoms with Gasteiger partial charge in [-0.15, -0.1) is 0 Å². The van der Waals surface area contributed by atoms with Crippen molar-refractivity contribution in [1.29, 1.82) is 0 Å². The highest BCUT2D eigenvalue weighted by Crippen LogP contribution is 2.18. The topological polar surface area (TPSA) is 46.9 Å². The molecule has 0 saturated heterocycles. The molecule has 2 aromatic carbocycles. The number of rotatable bonds is 6. The van der Waals surface area contributed by atoms with Gasteiger partial charge < -0.3 is 9.88 Å². The van der Waals surface area contributed by atoms with Gasteiger partial charge in [0.15, 0.2) is 0 Å². The predicted molar refractivity (Wildman–Crippen MR) is 92.2 cm³/mol. The monoisotopic (exact) mass is 325 g/mol. The van der Waals surface area contributed by atoms with E-state index >= 15 is 0 Å². The summed E-state index contributed by atoms with van der Waals surface area (Å²) in [4.78, 5) is 16.1. The van der Waals surface area contributed by atoms with Crippen LogP contribution in [0.3, 0.4) is 0 Å². The van der Waals surface area contributed by atoms with Crippen LogP contribution in [0.15, 0.2) is 48.5 Å². The summed E-state index contributed by atoms with van der Waals surface area (Å²) >= 11 is 0. The van der Waals surface area contributed by atoms with Crippen molar-refractivity contribution in [1.82, 2.24) is 14.9 Å². The van der Waals surface area contributed by atoms with Crippen LogP contribution in [0.2, 0.25) is 0 Å². The Bertz CT molecular complexity index is 839. The quantitative estimate of drug-likeness (QED) is 0.756. The van der Waals surface area contributed by atoms with Crippen molar-refractivity contribution in [2.45, 2.75) is 26.3 Å². The Balaban J connectivity index is 1.87. The van der Waals surface area contributed by atoms with Crippen LogP contribution in [0, 0.1) is 5.82 Å². The van der Waals surface area contributed by atoms with Gasteiger partial charge in [-0.25, -0.2) is 9.37 Å². The van der Waals surface area contributed by atoms with Crippen LogP contribution in [-0.4, -0.2) is 22.0 Å². The third-order valence-electron chi connectivity index (χ3n) is 3.98. The summed E-state index contributed by atoms with van der Waals surface area (Å²) in [7, 11) is 0. The summed E-state index contributed by atoms with van der Waals surface area (Å²) in [5, 5.41) is 2.88. The molecule has 124 valence electrons. The molecule has 0 bridgehead atoms. The maximum atomic E-state index is 13.1. The van der Waals surface area contributed by atoms with Crippen molar-refractivity contribution in [2.24, 2.45) is 0 Å². The van der Waals surface area contributed by atoms with Crippen molar-refractivity contribution in [3.05, 3.63) is 65.7 Å². The summed E-state index contributed by atoms with van der Waals surface area (Å²) in [6, 6.07) is 14.4. The molecule has 5 heteroatoms. The van der Waals surface area contributed by atoms with Crippen LogP contribution >= 0.6 is 0 Å². The zero-order valence-electron chi connectivity index (χ0n) is 13.6.